The highest BCUT2D eigenvalue weighted by Gasteiger charge is 2.07. The average molecular weight is 279 g/mol. The molecule has 0 radical (unpaired) electrons. The SMILES string of the molecule is O=C(O)/C=C/c1ccc(Br)c(Cl)c1F. The van der Waals surface area contributed by atoms with E-state index in [2.05, 4.69) is 15.9 Å². The third-order valence-corrected chi connectivity index (χ3v) is 2.73. The minimum Gasteiger partial charge on any atom is -0.478 e. The number of carboxylic acid groups (broad SMARTS) is 1. The Morgan fingerprint density at radius 2 is 2.21 bits per heavy atom. The highest BCUT2D eigenvalue weighted by atomic mass is 79.9. The summed E-state index contributed by atoms with van der Waals surface area (Å²) >= 11 is 8.64. The van der Waals surface area contributed by atoms with E-state index in [-0.39, 0.29) is 10.6 Å². The van der Waals surface area contributed by atoms with Crippen LogP contribution in [-0.2, 0) is 4.79 Å². The molecule has 0 aliphatic carbocycles. The molecule has 2 nitrogen and oxygen atoms in total. The van der Waals surface area contributed by atoms with E-state index in [1.54, 1.807) is 6.07 Å². The second-order valence-electron chi connectivity index (χ2n) is 2.44. The van der Waals surface area contributed by atoms with Crippen LogP contribution in [0.3, 0.4) is 0 Å². The van der Waals surface area contributed by atoms with Gasteiger partial charge in [0.15, 0.2) is 0 Å². The van der Waals surface area contributed by atoms with Crippen LogP contribution in [-0.4, -0.2) is 11.1 Å². The van der Waals surface area contributed by atoms with Crippen molar-refractivity contribution in [3.8, 4) is 0 Å². The first-order valence-electron chi connectivity index (χ1n) is 3.57. The minimum absolute atomic E-state index is 0.0578. The molecule has 0 saturated carbocycles. The maximum absolute atomic E-state index is 13.3. The molecule has 0 unspecified atom stereocenters. The molecule has 0 aliphatic heterocycles. The molecule has 1 aromatic carbocycles. The Hall–Kier alpha value is -0.870. The van der Waals surface area contributed by atoms with Crippen LogP contribution < -0.4 is 0 Å². The molecule has 0 bridgehead atoms. The van der Waals surface area contributed by atoms with Crippen molar-refractivity contribution in [3.05, 3.63) is 39.1 Å². The summed E-state index contributed by atoms with van der Waals surface area (Å²) in [4.78, 5) is 10.2. The van der Waals surface area contributed by atoms with E-state index < -0.39 is 11.8 Å². The van der Waals surface area contributed by atoms with Crippen molar-refractivity contribution in [2.75, 3.05) is 0 Å². The molecule has 0 fully saturated rings. The van der Waals surface area contributed by atoms with Gasteiger partial charge < -0.3 is 5.11 Å². The molecule has 1 aromatic rings. The van der Waals surface area contributed by atoms with Crippen molar-refractivity contribution in [3.63, 3.8) is 0 Å². The molecular formula is C9H5BrClFO2. The quantitative estimate of drug-likeness (QED) is 0.666. The molecule has 74 valence electrons. The lowest BCUT2D eigenvalue weighted by Gasteiger charge is -2.00. The molecule has 0 saturated heterocycles. The summed E-state index contributed by atoms with van der Waals surface area (Å²) in [5.41, 5.74) is 0.139. The Bertz CT molecular complexity index is 404. The number of benzene rings is 1. The molecule has 0 aromatic heterocycles. The van der Waals surface area contributed by atoms with Gasteiger partial charge in [0.1, 0.15) is 5.82 Å². The van der Waals surface area contributed by atoms with E-state index in [9.17, 15) is 9.18 Å². The normalized spacial score (nSPS) is 10.8. The Morgan fingerprint density at radius 3 is 2.79 bits per heavy atom. The summed E-state index contributed by atoms with van der Waals surface area (Å²) in [7, 11) is 0. The van der Waals surface area contributed by atoms with Gasteiger partial charge in [0.2, 0.25) is 0 Å². The zero-order valence-corrected chi connectivity index (χ0v) is 9.14. The van der Waals surface area contributed by atoms with Crippen LogP contribution in [0.2, 0.25) is 5.02 Å². The molecular weight excluding hydrogens is 274 g/mol. The fourth-order valence-corrected chi connectivity index (χ4v) is 1.31. The maximum Gasteiger partial charge on any atom is 0.328 e. The highest BCUT2D eigenvalue weighted by Crippen LogP contribution is 2.27. The third-order valence-electron chi connectivity index (χ3n) is 1.47. The number of rotatable bonds is 2. The van der Waals surface area contributed by atoms with Gasteiger partial charge in [0, 0.05) is 16.1 Å². The second-order valence-corrected chi connectivity index (χ2v) is 3.67. The summed E-state index contributed by atoms with van der Waals surface area (Å²) in [6.07, 6.45) is 2.00. The molecule has 0 atom stereocenters. The first-order valence-corrected chi connectivity index (χ1v) is 4.74. The van der Waals surface area contributed by atoms with Gasteiger partial charge in [-0.15, -0.1) is 0 Å². The van der Waals surface area contributed by atoms with Crippen molar-refractivity contribution in [2.24, 2.45) is 0 Å². The van der Waals surface area contributed by atoms with Gasteiger partial charge >= 0.3 is 5.97 Å². The number of halogens is 3. The smallest absolute Gasteiger partial charge is 0.328 e. The monoisotopic (exact) mass is 278 g/mol. The van der Waals surface area contributed by atoms with Crippen molar-refractivity contribution < 1.29 is 14.3 Å². The van der Waals surface area contributed by atoms with Gasteiger partial charge in [-0.3, -0.25) is 0 Å². The van der Waals surface area contributed by atoms with Crippen LogP contribution in [0, 0.1) is 5.82 Å². The lowest BCUT2D eigenvalue weighted by Crippen LogP contribution is -1.88. The van der Waals surface area contributed by atoms with Crippen molar-refractivity contribution in [2.45, 2.75) is 0 Å². The lowest BCUT2D eigenvalue weighted by atomic mass is 10.2. The summed E-state index contributed by atoms with van der Waals surface area (Å²) in [5, 5.41) is 8.28. The summed E-state index contributed by atoms with van der Waals surface area (Å²) < 4.78 is 13.7. The van der Waals surface area contributed by atoms with Gasteiger partial charge in [-0.2, -0.15) is 0 Å². The van der Waals surface area contributed by atoms with Crippen LogP contribution >= 0.6 is 27.5 Å². The van der Waals surface area contributed by atoms with Crippen LogP contribution in [0.1, 0.15) is 5.56 Å². The zero-order chi connectivity index (χ0) is 10.7. The Kier molecular flexibility index (Phi) is 3.66. The van der Waals surface area contributed by atoms with Gasteiger partial charge in [0.05, 0.1) is 5.02 Å². The van der Waals surface area contributed by atoms with E-state index in [0.29, 0.717) is 4.47 Å². The van der Waals surface area contributed by atoms with Crippen LogP contribution in [0.4, 0.5) is 4.39 Å². The molecule has 0 spiro atoms. The zero-order valence-electron chi connectivity index (χ0n) is 6.80. The Balaban J connectivity index is 3.12. The molecule has 0 amide bonds. The van der Waals surface area contributed by atoms with E-state index in [1.807, 2.05) is 0 Å². The van der Waals surface area contributed by atoms with Gasteiger partial charge in [-0.05, 0) is 28.1 Å². The number of hydrogen-bond donors (Lipinski definition) is 1. The highest BCUT2D eigenvalue weighted by molar-refractivity contribution is 9.10. The summed E-state index contributed by atoms with van der Waals surface area (Å²) in [5.74, 6) is -1.78. The molecule has 0 heterocycles. The Morgan fingerprint density at radius 1 is 1.57 bits per heavy atom. The van der Waals surface area contributed by atoms with Crippen molar-refractivity contribution >= 4 is 39.6 Å². The maximum atomic E-state index is 13.3. The Labute approximate surface area is 93.1 Å². The van der Waals surface area contributed by atoms with E-state index in [0.717, 1.165) is 12.2 Å². The molecule has 14 heavy (non-hydrogen) atoms. The topological polar surface area (TPSA) is 37.3 Å². The average Bonchev–Trinajstić information content (AvgIpc) is 2.13. The summed E-state index contributed by atoms with van der Waals surface area (Å²) in [6.45, 7) is 0. The summed E-state index contributed by atoms with van der Waals surface area (Å²) in [6, 6.07) is 2.98. The first kappa shape index (κ1) is 11.2. The van der Waals surface area contributed by atoms with Crippen LogP contribution in [0.5, 0.6) is 0 Å². The fourth-order valence-electron chi connectivity index (χ4n) is 0.831. The van der Waals surface area contributed by atoms with E-state index in [1.165, 1.54) is 6.07 Å². The predicted octanol–water partition coefficient (Wildman–Crippen LogP) is 3.34. The lowest BCUT2D eigenvalue weighted by molar-refractivity contribution is -0.131. The largest absolute Gasteiger partial charge is 0.478 e. The molecule has 1 N–H and O–H groups in total. The van der Waals surface area contributed by atoms with Crippen LogP contribution in [0.25, 0.3) is 6.08 Å². The number of hydrogen-bond acceptors (Lipinski definition) is 1. The van der Waals surface area contributed by atoms with Crippen molar-refractivity contribution in [1.29, 1.82) is 0 Å². The van der Waals surface area contributed by atoms with Crippen LogP contribution in [0.15, 0.2) is 22.7 Å². The fraction of sp³-hybridized carbons (Fsp3) is 0. The minimum atomic E-state index is -1.14. The number of carboxylic acids is 1. The predicted molar refractivity (Wildman–Crippen MR) is 55.8 cm³/mol. The molecule has 1 rings (SSSR count). The van der Waals surface area contributed by atoms with Gasteiger partial charge in [-0.1, -0.05) is 17.7 Å². The van der Waals surface area contributed by atoms with E-state index in [4.69, 9.17) is 16.7 Å². The number of aliphatic carboxylic acids is 1. The third kappa shape index (κ3) is 2.56. The number of carbonyl (C=O) groups is 1. The standard InChI is InChI=1S/C9H5BrClFO2/c10-6-3-1-5(2-4-7(13)14)9(12)8(6)11/h1-4H,(H,13,14)/b4-2+. The van der Waals surface area contributed by atoms with Gasteiger partial charge in [-0.25, -0.2) is 9.18 Å². The van der Waals surface area contributed by atoms with Gasteiger partial charge in [0.25, 0.3) is 0 Å². The molecule has 5 heteroatoms. The second kappa shape index (κ2) is 4.57. The first-order chi connectivity index (χ1) is 6.52. The van der Waals surface area contributed by atoms with E-state index >= 15 is 0 Å². The molecule has 0 aliphatic rings. The van der Waals surface area contributed by atoms with Crippen molar-refractivity contribution in [1.82, 2.24) is 0 Å².